The molecule has 0 unspecified atom stereocenters. The fraction of sp³-hybridized carbons (Fsp3) is 0.370. The SMILES string of the molecule is COCCCN1C(=O)c2ccc(C(=O)NC3CCN(C(=O)c4cccc(OC(C)=O)c4)CC3)cc2C1=O. The van der Waals surface area contributed by atoms with Crippen molar-refractivity contribution < 1.29 is 33.4 Å². The summed E-state index contributed by atoms with van der Waals surface area (Å²) >= 11 is 0. The second kappa shape index (κ2) is 11.3. The Bertz CT molecular complexity index is 1230. The number of carbonyl (C=O) groups is 5. The van der Waals surface area contributed by atoms with E-state index in [4.69, 9.17) is 9.47 Å². The predicted molar refractivity (Wildman–Crippen MR) is 132 cm³/mol. The molecule has 37 heavy (non-hydrogen) atoms. The van der Waals surface area contributed by atoms with Crippen LogP contribution in [-0.4, -0.2) is 78.8 Å². The molecule has 10 heteroatoms. The molecule has 0 saturated carbocycles. The highest BCUT2D eigenvalue weighted by molar-refractivity contribution is 6.22. The lowest BCUT2D eigenvalue weighted by molar-refractivity contribution is -0.131. The lowest BCUT2D eigenvalue weighted by Gasteiger charge is -2.32. The van der Waals surface area contributed by atoms with E-state index in [0.717, 1.165) is 0 Å². The molecule has 4 amide bonds. The summed E-state index contributed by atoms with van der Waals surface area (Å²) in [7, 11) is 1.56. The number of esters is 1. The van der Waals surface area contributed by atoms with Gasteiger partial charge in [0.05, 0.1) is 11.1 Å². The molecule has 1 fully saturated rings. The third kappa shape index (κ3) is 5.86. The third-order valence-corrected chi connectivity index (χ3v) is 6.42. The second-order valence-electron chi connectivity index (χ2n) is 9.03. The number of benzene rings is 2. The summed E-state index contributed by atoms with van der Waals surface area (Å²) < 4.78 is 10.0. The Labute approximate surface area is 214 Å². The van der Waals surface area contributed by atoms with Crippen LogP contribution in [0.25, 0.3) is 0 Å². The van der Waals surface area contributed by atoms with E-state index in [1.54, 1.807) is 36.3 Å². The minimum absolute atomic E-state index is 0.139. The normalized spacial score (nSPS) is 15.5. The molecule has 0 bridgehead atoms. The summed E-state index contributed by atoms with van der Waals surface area (Å²) in [5, 5.41) is 2.97. The minimum Gasteiger partial charge on any atom is -0.427 e. The highest BCUT2D eigenvalue weighted by Crippen LogP contribution is 2.25. The van der Waals surface area contributed by atoms with Gasteiger partial charge in [-0.15, -0.1) is 0 Å². The Kier molecular flexibility index (Phi) is 7.98. The van der Waals surface area contributed by atoms with E-state index in [0.29, 0.717) is 61.4 Å². The molecule has 10 nitrogen and oxygen atoms in total. The number of hydrogen-bond donors (Lipinski definition) is 1. The van der Waals surface area contributed by atoms with Crippen molar-refractivity contribution in [1.82, 2.24) is 15.1 Å². The lowest BCUT2D eigenvalue weighted by atomic mass is 10.0. The van der Waals surface area contributed by atoms with E-state index in [-0.39, 0.29) is 35.9 Å². The fourth-order valence-corrected chi connectivity index (χ4v) is 4.54. The first-order chi connectivity index (χ1) is 17.8. The van der Waals surface area contributed by atoms with Crippen LogP contribution in [0.2, 0.25) is 0 Å². The first-order valence-electron chi connectivity index (χ1n) is 12.2. The van der Waals surface area contributed by atoms with Crippen LogP contribution in [0.5, 0.6) is 5.75 Å². The van der Waals surface area contributed by atoms with Crippen molar-refractivity contribution in [2.75, 3.05) is 33.4 Å². The highest BCUT2D eigenvalue weighted by atomic mass is 16.5. The Morgan fingerprint density at radius 2 is 1.70 bits per heavy atom. The number of ether oxygens (including phenoxy) is 2. The van der Waals surface area contributed by atoms with Gasteiger partial charge < -0.3 is 19.7 Å². The number of imide groups is 1. The quantitative estimate of drug-likeness (QED) is 0.252. The molecule has 2 aromatic rings. The molecule has 0 aliphatic carbocycles. The van der Waals surface area contributed by atoms with E-state index in [1.165, 1.54) is 30.0 Å². The molecule has 4 rings (SSSR count). The van der Waals surface area contributed by atoms with Gasteiger partial charge in [-0.05, 0) is 55.7 Å². The monoisotopic (exact) mass is 507 g/mol. The Morgan fingerprint density at radius 3 is 2.41 bits per heavy atom. The van der Waals surface area contributed by atoms with E-state index >= 15 is 0 Å². The number of nitrogens with one attached hydrogen (secondary N) is 1. The molecular formula is C27H29N3O7. The topological polar surface area (TPSA) is 122 Å². The molecule has 0 spiro atoms. The van der Waals surface area contributed by atoms with Crippen LogP contribution >= 0.6 is 0 Å². The van der Waals surface area contributed by atoms with Crippen LogP contribution < -0.4 is 10.1 Å². The average molecular weight is 508 g/mol. The van der Waals surface area contributed by atoms with Gasteiger partial charge in [0, 0.05) is 57.4 Å². The number of rotatable bonds is 8. The maximum atomic E-state index is 12.9. The summed E-state index contributed by atoms with van der Waals surface area (Å²) in [4.78, 5) is 65.1. The smallest absolute Gasteiger partial charge is 0.308 e. The van der Waals surface area contributed by atoms with Crippen molar-refractivity contribution in [2.45, 2.75) is 32.2 Å². The first-order valence-corrected chi connectivity index (χ1v) is 12.2. The highest BCUT2D eigenvalue weighted by Gasteiger charge is 2.35. The number of likely N-dealkylation sites (tertiary alicyclic amines) is 1. The summed E-state index contributed by atoms with van der Waals surface area (Å²) in [5.74, 6) is -1.42. The molecule has 2 heterocycles. The van der Waals surface area contributed by atoms with Crippen molar-refractivity contribution in [3.63, 3.8) is 0 Å². The second-order valence-corrected chi connectivity index (χ2v) is 9.03. The van der Waals surface area contributed by atoms with Gasteiger partial charge in [0.15, 0.2) is 0 Å². The van der Waals surface area contributed by atoms with E-state index in [2.05, 4.69) is 5.32 Å². The van der Waals surface area contributed by atoms with Crippen LogP contribution in [0.15, 0.2) is 42.5 Å². The number of carbonyl (C=O) groups excluding carboxylic acids is 5. The van der Waals surface area contributed by atoms with Crippen molar-refractivity contribution in [1.29, 1.82) is 0 Å². The molecule has 1 saturated heterocycles. The van der Waals surface area contributed by atoms with Crippen molar-refractivity contribution in [3.8, 4) is 5.75 Å². The minimum atomic E-state index is -0.458. The van der Waals surface area contributed by atoms with Gasteiger partial charge in [-0.25, -0.2) is 0 Å². The lowest BCUT2D eigenvalue weighted by Crippen LogP contribution is -2.46. The Morgan fingerprint density at radius 1 is 0.973 bits per heavy atom. The van der Waals surface area contributed by atoms with Crippen LogP contribution in [-0.2, 0) is 9.53 Å². The molecule has 0 aromatic heterocycles. The summed E-state index contributed by atoms with van der Waals surface area (Å²) in [6, 6.07) is 10.9. The maximum Gasteiger partial charge on any atom is 0.308 e. The number of methoxy groups -OCH3 is 1. The number of hydrogen-bond acceptors (Lipinski definition) is 7. The third-order valence-electron chi connectivity index (χ3n) is 6.42. The predicted octanol–water partition coefficient (Wildman–Crippen LogP) is 2.28. The molecule has 2 aromatic carbocycles. The molecule has 2 aliphatic rings. The number of piperidine rings is 1. The van der Waals surface area contributed by atoms with Crippen molar-refractivity contribution in [3.05, 3.63) is 64.7 Å². The summed E-state index contributed by atoms with van der Waals surface area (Å²) in [5.41, 5.74) is 1.25. The summed E-state index contributed by atoms with van der Waals surface area (Å²) in [6.45, 7) is 2.90. The van der Waals surface area contributed by atoms with Gasteiger partial charge >= 0.3 is 5.97 Å². The zero-order valence-corrected chi connectivity index (χ0v) is 20.8. The average Bonchev–Trinajstić information content (AvgIpc) is 3.13. The molecule has 1 N–H and O–H groups in total. The number of nitrogens with zero attached hydrogens (tertiary/aromatic N) is 2. The first kappa shape index (κ1) is 26.0. The fourth-order valence-electron chi connectivity index (χ4n) is 4.54. The van der Waals surface area contributed by atoms with Crippen molar-refractivity contribution in [2.24, 2.45) is 0 Å². The van der Waals surface area contributed by atoms with Crippen LogP contribution in [0.3, 0.4) is 0 Å². The van der Waals surface area contributed by atoms with E-state index < -0.39 is 11.9 Å². The van der Waals surface area contributed by atoms with Crippen molar-refractivity contribution >= 4 is 29.6 Å². The van der Waals surface area contributed by atoms with Gasteiger partial charge in [0.1, 0.15) is 5.75 Å². The van der Waals surface area contributed by atoms with Gasteiger partial charge in [-0.1, -0.05) is 6.07 Å². The zero-order chi connectivity index (χ0) is 26.5. The summed E-state index contributed by atoms with van der Waals surface area (Å²) in [6.07, 6.45) is 1.67. The number of fused-ring (bicyclic) bond motifs is 1. The van der Waals surface area contributed by atoms with Gasteiger partial charge in [-0.3, -0.25) is 28.9 Å². The van der Waals surface area contributed by atoms with Crippen LogP contribution in [0.4, 0.5) is 0 Å². The van der Waals surface area contributed by atoms with Crippen LogP contribution in [0, 0.1) is 0 Å². The van der Waals surface area contributed by atoms with Gasteiger partial charge in [0.2, 0.25) is 0 Å². The van der Waals surface area contributed by atoms with Crippen LogP contribution in [0.1, 0.15) is 67.6 Å². The molecule has 2 aliphatic heterocycles. The van der Waals surface area contributed by atoms with Gasteiger partial charge in [0.25, 0.3) is 23.6 Å². The Balaban J connectivity index is 1.33. The standard InChI is InChI=1S/C27H29N3O7/c1-17(31)37-21-6-3-5-19(15-21)25(33)29-12-9-20(10-13-29)28-24(32)18-7-8-22-23(16-18)27(35)30(26(22)34)11-4-14-36-2/h3,5-8,15-16,20H,4,9-14H2,1-2H3,(H,28,32). The van der Waals surface area contributed by atoms with E-state index in [9.17, 15) is 24.0 Å². The Hall–Kier alpha value is -4.05. The molecule has 0 radical (unpaired) electrons. The largest absolute Gasteiger partial charge is 0.427 e. The van der Waals surface area contributed by atoms with E-state index in [1.807, 2.05) is 0 Å². The molecular weight excluding hydrogens is 478 g/mol. The maximum absolute atomic E-state index is 12.9. The zero-order valence-electron chi connectivity index (χ0n) is 20.8. The molecule has 194 valence electrons. The number of amides is 4. The van der Waals surface area contributed by atoms with Gasteiger partial charge in [-0.2, -0.15) is 0 Å². The molecule has 0 atom stereocenters.